The lowest BCUT2D eigenvalue weighted by molar-refractivity contribution is -0.255. The number of rotatable bonds is 9. The number of hydrogen-bond acceptors (Lipinski definition) is 9. The third-order valence-electron chi connectivity index (χ3n) is 3.57. The smallest absolute Gasteiger partial charge is 0.250 e. The summed E-state index contributed by atoms with van der Waals surface area (Å²) in [5.74, 6) is -0.697. The van der Waals surface area contributed by atoms with Crippen LogP contribution < -0.4 is 10.5 Å². The molecule has 3 rings (SSSR count). The number of nitrogens with zero attached hydrogens (tertiary/aromatic N) is 3. The molecular formula is C19H14ClN4O3S3-. The molecule has 0 aliphatic carbocycles. The molecule has 1 amide bonds. The molecule has 1 aromatic heterocycles. The van der Waals surface area contributed by atoms with E-state index in [1.807, 2.05) is 24.3 Å². The average Bonchev–Trinajstić information content (AvgIpc) is 3.20. The lowest BCUT2D eigenvalue weighted by atomic mass is 10.1. The molecule has 7 nitrogen and oxygen atoms in total. The second kappa shape index (κ2) is 11.1. The Bertz CT molecular complexity index is 1060. The van der Waals surface area contributed by atoms with Crippen LogP contribution in [0, 0.1) is 0 Å². The van der Waals surface area contributed by atoms with Crippen LogP contribution in [-0.2, 0) is 10.5 Å². The average molecular weight is 478 g/mol. The molecule has 0 fully saturated rings. The SMILES string of the molecule is O=C(CSc1nnc(SCc2ccccc2Cl)s1)N/N=C\c1ccc(C(=O)[O-])cc1. The Balaban J connectivity index is 1.41. The van der Waals surface area contributed by atoms with Gasteiger partial charge in [0.25, 0.3) is 5.91 Å². The molecule has 0 bridgehead atoms. The first-order valence-corrected chi connectivity index (χ1v) is 11.6. The lowest BCUT2D eigenvalue weighted by Gasteiger charge is -2.01. The van der Waals surface area contributed by atoms with Gasteiger partial charge in [-0.2, -0.15) is 5.10 Å². The van der Waals surface area contributed by atoms with Gasteiger partial charge >= 0.3 is 0 Å². The largest absolute Gasteiger partial charge is 0.545 e. The van der Waals surface area contributed by atoms with Crippen LogP contribution in [0.3, 0.4) is 0 Å². The number of halogens is 1. The van der Waals surface area contributed by atoms with E-state index in [-0.39, 0.29) is 17.2 Å². The molecule has 0 aliphatic rings. The van der Waals surface area contributed by atoms with E-state index in [9.17, 15) is 14.7 Å². The zero-order valence-electron chi connectivity index (χ0n) is 15.3. The Morgan fingerprint density at radius 3 is 2.50 bits per heavy atom. The van der Waals surface area contributed by atoms with Crippen LogP contribution in [0.25, 0.3) is 0 Å². The fourth-order valence-corrected chi connectivity index (χ4v) is 5.21. The van der Waals surface area contributed by atoms with E-state index in [0.717, 1.165) is 14.9 Å². The third-order valence-corrected chi connectivity index (χ3v) is 7.18. The molecular weight excluding hydrogens is 464 g/mol. The van der Waals surface area contributed by atoms with Gasteiger partial charge in [0, 0.05) is 10.8 Å². The van der Waals surface area contributed by atoms with Crippen molar-refractivity contribution < 1.29 is 14.7 Å². The van der Waals surface area contributed by atoms with Crippen molar-refractivity contribution in [3.8, 4) is 0 Å². The Hall–Kier alpha value is -2.40. The number of thioether (sulfide) groups is 2. The number of amides is 1. The van der Waals surface area contributed by atoms with Crippen molar-refractivity contribution in [2.75, 3.05) is 5.75 Å². The Labute approximate surface area is 190 Å². The third kappa shape index (κ3) is 6.84. The molecule has 11 heteroatoms. The number of aromatic carboxylic acids is 1. The van der Waals surface area contributed by atoms with Crippen molar-refractivity contribution in [3.63, 3.8) is 0 Å². The van der Waals surface area contributed by atoms with Gasteiger partial charge in [0.2, 0.25) is 0 Å². The number of hydrogen-bond donors (Lipinski definition) is 1. The van der Waals surface area contributed by atoms with E-state index in [4.69, 9.17) is 11.6 Å². The highest BCUT2D eigenvalue weighted by atomic mass is 35.5. The summed E-state index contributed by atoms with van der Waals surface area (Å²) in [7, 11) is 0. The van der Waals surface area contributed by atoms with Crippen molar-refractivity contribution in [2.24, 2.45) is 5.10 Å². The highest BCUT2D eigenvalue weighted by molar-refractivity contribution is 8.03. The predicted octanol–water partition coefficient (Wildman–Crippen LogP) is 3.09. The standard InChI is InChI=1S/C19H15ClN4O3S3/c20-15-4-2-1-3-14(15)10-28-18-23-24-19(30-18)29-11-16(25)22-21-9-12-5-7-13(8-6-12)17(26)27/h1-9H,10-11H2,(H,22,25)(H,26,27)/p-1/b21-9-. The number of carbonyl (C=O) groups excluding carboxylic acids is 2. The fraction of sp³-hybridized carbons (Fsp3) is 0.105. The van der Waals surface area contributed by atoms with Crippen LogP contribution in [-0.4, -0.2) is 34.0 Å². The van der Waals surface area contributed by atoms with Gasteiger partial charge in [-0.15, -0.1) is 10.2 Å². The minimum absolute atomic E-state index is 0.0778. The van der Waals surface area contributed by atoms with Gasteiger partial charge in [-0.3, -0.25) is 4.79 Å². The Morgan fingerprint density at radius 2 is 1.80 bits per heavy atom. The minimum atomic E-state index is -1.24. The molecule has 1 heterocycles. The number of carbonyl (C=O) groups is 2. The van der Waals surface area contributed by atoms with Crippen molar-refractivity contribution in [2.45, 2.75) is 14.4 Å². The zero-order chi connectivity index (χ0) is 21.3. The number of carboxylic acid groups (broad SMARTS) is 1. The Morgan fingerprint density at radius 1 is 1.10 bits per heavy atom. The monoisotopic (exact) mass is 477 g/mol. The molecule has 1 N–H and O–H groups in total. The van der Waals surface area contributed by atoms with E-state index in [1.165, 1.54) is 53.2 Å². The summed E-state index contributed by atoms with van der Waals surface area (Å²) in [4.78, 5) is 22.6. The maximum absolute atomic E-state index is 11.9. The van der Waals surface area contributed by atoms with E-state index in [1.54, 1.807) is 12.1 Å². The zero-order valence-corrected chi connectivity index (χ0v) is 18.5. The molecule has 30 heavy (non-hydrogen) atoms. The van der Waals surface area contributed by atoms with Crippen LogP contribution >= 0.6 is 46.5 Å². The first-order valence-electron chi connectivity index (χ1n) is 8.47. The molecule has 0 saturated heterocycles. The maximum Gasteiger partial charge on any atom is 0.250 e. The molecule has 0 radical (unpaired) electrons. The molecule has 2 aromatic carbocycles. The minimum Gasteiger partial charge on any atom is -0.545 e. The fourth-order valence-electron chi connectivity index (χ4n) is 2.11. The highest BCUT2D eigenvalue weighted by Crippen LogP contribution is 2.32. The summed E-state index contributed by atoms with van der Waals surface area (Å²) >= 11 is 10.4. The van der Waals surface area contributed by atoms with E-state index >= 15 is 0 Å². The topological polar surface area (TPSA) is 107 Å². The maximum atomic E-state index is 11.9. The number of aromatic nitrogens is 2. The summed E-state index contributed by atoms with van der Waals surface area (Å²) in [6.07, 6.45) is 1.43. The second-order valence-electron chi connectivity index (χ2n) is 5.71. The van der Waals surface area contributed by atoms with Crippen LogP contribution in [0.5, 0.6) is 0 Å². The van der Waals surface area contributed by atoms with Crippen molar-refractivity contribution >= 4 is 64.6 Å². The van der Waals surface area contributed by atoms with Gasteiger partial charge in [0.15, 0.2) is 8.68 Å². The van der Waals surface area contributed by atoms with Gasteiger partial charge in [0.05, 0.1) is 17.9 Å². The van der Waals surface area contributed by atoms with E-state index < -0.39 is 5.97 Å². The van der Waals surface area contributed by atoms with Crippen molar-refractivity contribution in [1.82, 2.24) is 15.6 Å². The molecule has 0 saturated carbocycles. The summed E-state index contributed by atoms with van der Waals surface area (Å²) in [5, 5.41) is 23.5. The number of carboxylic acids is 1. The van der Waals surface area contributed by atoms with Crippen LogP contribution in [0.4, 0.5) is 0 Å². The van der Waals surface area contributed by atoms with Crippen LogP contribution in [0.15, 0.2) is 62.3 Å². The summed E-state index contributed by atoms with van der Waals surface area (Å²) in [6.45, 7) is 0. The van der Waals surface area contributed by atoms with Gasteiger partial charge in [-0.25, -0.2) is 5.43 Å². The van der Waals surface area contributed by atoms with Crippen LogP contribution in [0.2, 0.25) is 5.02 Å². The lowest BCUT2D eigenvalue weighted by Crippen LogP contribution is -2.22. The van der Waals surface area contributed by atoms with Crippen molar-refractivity contribution in [1.29, 1.82) is 0 Å². The summed E-state index contributed by atoms with van der Waals surface area (Å²) in [5.41, 5.74) is 4.17. The number of nitrogens with one attached hydrogen (secondary N) is 1. The van der Waals surface area contributed by atoms with E-state index in [0.29, 0.717) is 15.7 Å². The molecule has 0 atom stereocenters. The number of hydrazone groups is 1. The number of benzene rings is 2. The first kappa shape index (κ1) is 22.3. The van der Waals surface area contributed by atoms with E-state index in [2.05, 4.69) is 20.7 Å². The first-order chi connectivity index (χ1) is 14.5. The normalized spacial score (nSPS) is 11.0. The van der Waals surface area contributed by atoms with Crippen molar-refractivity contribution in [3.05, 3.63) is 70.2 Å². The Kier molecular flexibility index (Phi) is 8.26. The molecule has 0 aliphatic heterocycles. The molecule has 3 aromatic rings. The van der Waals surface area contributed by atoms with Gasteiger partial charge in [-0.1, -0.05) is 88.9 Å². The predicted molar refractivity (Wildman–Crippen MR) is 118 cm³/mol. The molecule has 0 unspecified atom stereocenters. The quantitative estimate of drug-likeness (QED) is 0.286. The van der Waals surface area contributed by atoms with Gasteiger partial charge < -0.3 is 9.90 Å². The molecule has 154 valence electrons. The van der Waals surface area contributed by atoms with Crippen LogP contribution in [0.1, 0.15) is 21.5 Å². The van der Waals surface area contributed by atoms with Gasteiger partial charge in [0.1, 0.15) is 0 Å². The highest BCUT2D eigenvalue weighted by Gasteiger charge is 2.09. The van der Waals surface area contributed by atoms with Gasteiger partial charge in [-0.05, 0) is 22.8 Å². The molecule has 0 spiro atoms. The summed E-state index contributed by atoms with van der Waals surface area (Å²) in [6, 6.07) is 13.6. The second-order valence-corrected chi connectivity index (χ2v) is 9.53. The summed E-state index contributed by atoms with van der Waals surface area (Å²) < 4.78 is 1.49.